The molecule has 2 N–H and O–H groups in total. The zero-order chi connectivity index (χ0) is 20.1. The van der Waals surface area contributed by atoms with Crippen LogP contribution >= 0.6 is 11.9 Å². The van der Waals surface area contributed by atoms with Crippen molar-refractivity contribution in [3.05, 3.63) is 47.8 Å². The molecule has 0 saturated carbocycles. The highest BCUT2D eigenvalue weighted by molar-refractivity contribution is 7.97. The van der Waals surface area contributed by atoms with E-state index in [2.05, 4.69) is 17.0 Å². The fraction of sp³-hybridized carbons (Fsp3) is 0.316. The Morgan fingerprint density at radius 3 is 2.61 bits per heavy atom. The summed E-state index contributed by atoms with van der Waals surface area (Å²) in [7, 11) is 3.72. The minimum Gasteiger partial charge on any atom is -0.377 e. The third-order valence-corrected chi connectivity index (χ3v) is 6.05. The van der Waals surface area contributed by atoms with Crippen molar-refractivity contribution in [3.8, 4) is 0 Å². The average molecular weight is 406 g/mol. The number of amides is 1. The Kier molecular flexibility index (Phi) is 4.68. The van der Waals surface area contributed by atoms with E-state index in [9.17, 15) is 13.6 Å². The molecule has 9 heteroatoms. The van der Waals surface area contributed by atoms with E-state index in [0.717, 1.165) is 28.1 Å². The van der Waals surface area contributed by atoms with Crippen molar-refractivity contribution in [3.63, 3.8) is 0 Å². The van der Waals surface area contributed by atoms with Crippen LogP contribution in [0.5, 0.6) is 0 Å². The molecule has 3 aromatic rings. The maximum absolute atomic E-state index is 13.5. The largest absolute Gasteiger partial charge is 0.377 e. The van der Waals surface area contributed by atoms with E-state index >= 15 is 0 Å². The Hall–Kier alpha value is -2.36. The molecular formula is C19H20F2N4O2S. The lowest BCUT2D eigenvalue weighted by atomic mass is 10.0. The van der Waals surface area contributed by atoms with Crippen LogP contribution in [0, 0.1) is 11.6 Å². The molecule has 0 unspecified atom stereocenters. The topological polar surface area (TPSA) is 60.2 Å². The normalized spacial score (nSPS) is 15.6. The summed E-state index contributed by atoms with van der Waals surface area (Å²) in [6, 6.07) is 5.15. The number of anilines is 1. The van der Waals surface area contributed by atoms with Crippen molar-refractivity contribution in [2.24, 2.45) is 14.1 Å². The molecule has 4 rings (SSSR count). The van der Waals surface area contributed by atoms with Gasteiger partial charge in [-0.15, -0.1) is 0 Å². The fourth-order valence-corrected chi connectivity index (χ4v) is 4.26. The van der Waals surface area contributed by atoms with E-state index in [0.29, 0.717) is 18.9 Å². The molecule has 0 radical (unpaired) electrons. The van der Waals surface area contributed by atoms with Gasteiger partial charge >= 0.3 is 0 Å². The smallest absolute Gasteiger partial charge is 0.273 e. The van der Waals surface area contributed by atoms with Gasteiger partial charge < -0.3 is 19.2 Å². The van der Waals surface area contributed by atoms with Gasteiger partial charge in [0, 0.05) is 37.4 Å². The molecule has 1 aromatic carbocycles. The second kappa shape index (κ2) is 6.91. The van der Waals surface area contributed by atoms with E-state index in [4.69, 9.17) is 4.74 Å². The molecule has 2 aromatic heterocycles. The fourth-order valence-electron chi connectivity index (χ4n) is 3.22. The molecule has 1 fully saturated rings. The minimum absolute atomic E-state index is 0.111. The van der Waals surface area contributed by atoms with Crippen LogP contribution in [0.2, 0.25) is 0 Å². The number of carbonyl (C=O) groups excluding carboxylic acids is 1. The van der Waals surface area contributed by atoms with E-state index in [1.54, 1.807) is 4.57 Å². The Morgan fingerprint density at radius 2 is 1.96 bits per heavy atom. The molecule has 28 heavy (non-hydrogen) atoms. The molecule has 1 saturated heterocycles. The first kappa shape index (κ1) is 19.0. The van der Waals surface area contributed by atoms with Gasteiger partial charge in [0.15, 0.2) is 11.6 Å². The number of fused-ring (bicyclic) bond motifs is 1. The number of aromatic nitrogens is 2. The molecular weight excluding hydrogens is 386 g/mol. The van der Waals surface area contributed by atoms with E-state index in [-0.39, 0.29) is 11.2 Å². The van der Waals surface area contributed by atoms with Gasteiger partial charge in [-0.25, -0.2) is 13.5 Å². The maximum Gasteiger partial charge on any atom is 0.273 e. The maximum atomic E-state index is 13.5. The van der Waals surface area contributed by atoms with Crippen LogP contribution in [0.3, 0.4) is 0 Å². The summed E-state index contributed by atoms with van der Waals surface area (Å²) in [4.78, 5) is 12.9. The predicted octanol–water partition coefficient (Wildman–Crippen LogP) is 3.43. The third kappa shape index (κ3) is 3.19. The van der Waals surface area contributed by atoms with Gasteiger partial charge in [0.25, 0.3) is 5.91 Å². The first-order chi connectivity index (χ1) is 13.3. The molecule has 1 amide bonds. The van der Waals surface area contributed by atoms with Crippen molar-refractivity contribution < 1.29 is 18.3 Å². The summed E-state index contributed by atoms with van der Waals surface area (Å²) in [6.07, 6.45) is 1.89. The number of nitrogens with one attached hydrogen (secondary N) is 2. The Bertz CT molecular complexity index is 1070. The second-order valence-electron chi connectivity index (χ2n) is 7.24. The lowest BCUT2D eigenvalue weighted by Crippen LogP contribution is -2.55. The number of aryl methyl sites for hydroxylation is 1. The quantitative estimate of drug-likeness (QED) is 0.638. The minimum atomic E-state index is -1.01. The van der Waals surface area contributed by atoms with Crippen LogP contribution in [0.25, 0.3) is 10.9 Å². The van der Waals surface area contributed by atoms with Crippen molar-refractivity contribution >= 4 is 34.4 Å². The number of rotatable bonds is 5. The van der Waals surface area contributed by atoms with Crippen molar-refractivity contribution in [2.45, 2.75) is 17.5 Å². The monoisotopic (exact) mass is 406 g/mol. The Morgan fingerprint density at radius 1 is 1.21 bits per heavy atom. The molecule has 0 atom stereocenters. The number of hydrogen-bond donors (Lipinski definition) is 2. The van der Waals surface area contributed by atoms with Crippen LogP contribution in [0.4, 0.5) is 14.5 Å². The van der Waals surface area contributed by atoms with Crippen molar-refractivity contribution in [1.29, 1.82) is 0 Å². The number of nitrogens with zero attached hydrogens (tertiary/aromatic N) is 2. The number of benzene rings is 1. The van der Waals surface area contributed by atoms with Gasteiger partial charge in [-0.1, -0.05) is 0 Å². The van der Waals surface area contributed by atoms with Crippen LogP contribution in [0.1, 0.15) is 17.4 Å². The standard InChI is InChI=1S/C19H20F2N4O2S/c1-19(9-27-10-19)23-28-18-16-12(6-7-24(16)2)15(25(18)3)17(26)22-11-4-5-13(20)14(21)8-11/h4-8,23H,9-10H2,1-3H3,(H,22,26). The molecule has 0 spiro atoms. The number of hydrogen-bond acceptors (Lipinski definition) is 4. The highest BCUT2D eigenvalue weighted by atomic mass is 32.2. The number of halogens is 2. The highest BCUT2D eigenvalue weighted by Crippen LogP contribution is 2.34. The van der Waals surface area contributed by atoms with Crippen molar-refractivity contribution in [2.75, 3.05) is 18.5 Å². The van der Waals surface area contributed by atoms with Gasteiger partial charge in [-0.05, 0) is 37.1 Å². The molecule has 0 bridgehead atoms. The summed E-state index contributed by atoms with van der Waals surface area (Å²) >= 11 is 1.45. The van der Waals surface area contributed by atoms with Crippen LogP contribution in [-0.4, -0.2) is 33.8 Å². The summed E-state index contributed by atoms with van der Waals surface area (Å²) in [6.45, 7) is 3.33. The first-order valence-corrected chi connectivity index (χ1v) is 9.52. The molecule has 148 valence electrons. The molecule has 3 heterocycles. The van der Waals surface area contributed by atoms with Gasteiger partial charge in [-0.2, -0.15) is 0 Å². The summed E-state index contributed by atoms with van der Waals surface area (Å²) < 4.78 is 39.0. The Balaban J connectivity index is 1.67. The van der Waals surface area contributed by atoms with Gasteiger partial charge in [0.2, 0.25) is 0 Å². The second-order valence-corrected chi connectivity index (χ2v) is 8.04. The third-order valence-electron chi connectivity index (χ3n) is 4.80. The number of ether oxygens (including phenoxy) is 1. The van der Waals surface area contributed by atoms with Crippen LogP contribution < -0.4 is 10.0 Å². The number of carbonyl (C=O) groups is 1. The van der Waals surface area contributed by atoms with Crippen LogP contribution in [-0.2, 0) is 18.8 Å². The lowest BCUT2D eigenvalue weighted by Gasteiger charge is -2.38. The van der Waals surface area contributed by atoms with Gasteiger partial charge in [0.1, 0.15) is 10.7 Å². The zero-order valence-electron chi connectivity index (χ0n) is 15.7. The lowest BCUT2D eigenvalue weighted by molar-refractivity contribution is -0.0510. The Labute approximate surface area is 165 Å². The molecule has 1 aliphatic rings. The zero-order valence-corrected chi connectivity index (χ0v) is 16.5. The van der Waals surface area contributed by atoms with Crippen LogP contribution in [0.15, 0.2) is 35.5 Å². The first-order valence-electron chi connectivity index (χ1n) is 8.71. The average Bonchev–Trinajstić information content (AvgIpc) is 3.12. The van der Waals surface area contributed by atoms with E-state index in [1.807, 2.05) is 30.9 Å². The summed E-state index contributed by atoms with van der Waals surface area (Å²) in [5.74, 6) is -2.36. The summed E-state index contributed by atoms with van der Waals surface area (Å²) in [5.41, 5.74) is 1.44. The van der Waals surface area contributed by atoms with E-state index in [1.165, 1.54) is 18.0 Å². The molecule has 1 aliphatic heterocycles. The van der Waals surface area contributed by atoms with Gasteiger partial charge in [0.05, 0.1) is 24.3 Å². The summed E-state index contributed by atoms with van der Waals surface area (Å²) in [5, 5.41) is 4.31. The highest BCUT2D eigenvalue weighted by Gasteiger charge is 2.34. The molecule has 0 aliphatic carbocycles. The van der Waals surface area contributed by atoms with Gasteiger partial charge in [-0.3, -0.25) is 4.79 Å². The SMILES string of the molecule is Cn1c(C(=O)Nc2ccc(F)c(F)c2)c2ccn(C)c2c1SNC1(C)COC1. The van der Waals surface area contributed by atoms with E-state index < -0.39 is 17.5 Å². The molecule has 6 nitrogen and oxygen atoms in total. The van der Waals surface area contributed by atoms with Crippen molar-refractivity contribution in [1.82, 2.24) is 13.9 Å². The predicted molar refractivity (Wildman–Crippen MR) is 104 cm³/mol.